The molecule has 3 rings (SSSR count). The largest absolute Gasteiger partial charge is 0.497 e. The lowest BCUT2D eigenvalue weighted by Crippen LogP contribution is -2.37. The SMILES string of the molecule is COc1cccc(C[C@@H]2CCCN2C(=O)c2ccc(Cl)cn2)c1. The van der Waals surface area contributed by atoms with Crippen molar-refractivity contribution in [1.29, 1.82) is 0 Å². The van der Waals surface area contributed by atoms with Gasteiger partial charge in [0, 0.05) is 18.8 Å². The number of hydrogen-bond acceptors (Lipinski definition) is 3. The zero-order valence-corrected chi connectivity index (χ0v) is 13.8. The molecule has 1 fully saturated rings. The molecule has 0 spiro atoms. The quantitative estimate of drug-likeness (QED) is 0.860. The van der Waals surface area contributed by atoms with Gasteiger partial charge in [-0.1, -0.05) is 23.7 Å². The fraction of sp³-hybridized carbons (Fsp3) is 0.333. The molecule has 0 radical (unpaired) electrons. The molecule has 2 aromatic rings. The summed E-state index contributed by atoms with van der Waals surface area (Å²) in [5.74, 6) is 0.824. The maximum atomic E-state index is 12.7. The van der Waals surface area contributed by atoms with E-state index >= 15 is 0 Å². The molecule has 0 bridgehead atoms. The number of rotatable bonds is 4. The van der Waals surface area contributed by atoms with Crippen LogP contribution in [0.3, 0.4) is 0 Å². The standard InChI is InChI=1S/C18H19ClN2O2/c1-23-16-6-2-4-13(11-16)10-15-5-3-9-21(15)18(22)17-8-7-14(19)12-20-17/h2,4,6-8,11-12,15H,3,5,9-10H2,1H3/t15-/m0/s1. The predicted octanol–water partition coefficient (Wildman–Crippen LogP) is 3.59. The minimum Gasteiger partial charge on any atom is -0.497 e. The molecule has 1 aliphatic rings. The highest BCUT2D eigenvalue weighted by Crippen LogP contribution is 2.24. The molecule has 0 unspecified atom stereocenters. The number of carbonyl (C=O) groups excluding carboxylic acids is 1. The Labute approximate surface area is 141 Å². The Morgan fingerprint density at radius 2 is 2.26 bits per heavy atom. The van der Waals surface area contributed by atoms with Gasteiger partial charge in [0.25, 0.3) is 5.91 Å². The van der Waals surface area contributed by atoms with Crippen molar-refractivity contribution >= 4 is 17.5 Å². The number of hydrogen-bond donors (Lipinski definition) is 0. The van der Waals surface area contributed by atoms with Crippen molar-refractivity contribution in [2.24, 2.45) is 0 Å². The molecule has 4 nitrogen and oxygen atoms in total. The Morgan fingerprint density at radius 1 is 1.39 bits per heavy atom. The van der Waals surface area contributed by atoms with E-state index < -0.39 is 0 Å². The first-order chi connectivity index (χ1) is 11.2. The second kappa shape index (κ2) is 7.01. The summed E-state index contributed by atoms with van der Waals surface area (Å²) in [6.45, 7) is 0.776. The van der Waals surface area contributed by atoms with Crippen molar-refractivity contribution in [1.82, 2.24) is 9.88 Å². The monoisotopic (exact) mass is 330 g/mol. The molecule has 23 heavy (non-hydrogen) atoms. The Balaban J connectivity index is 1.74. The molecule has 120 valence electrons. The van der Waals surface area contributed by atoms with E-state index in [2.05, 4.69) is 11.1 Å². The van der Waals surface area contributed by atoms with E-state index in [0.717, 1.165) is 31.6 Å². The number of halogens is 1. The van der Waals surface area contributed by atoms with Crippen LogP contribution in [-0.2, 0) is 6.42 Å². The van der Waals surface area contributed by atoms with Crippen LogP contribution >= 0.6 is 11.6 Å². The number of carbonyl (C=O) groups is 1. The van der Waals surface area contributed by atoms with Crippen molar-refractivity contribution in [3.63, 3.8) is 0 Å². The number of pyridine rings is 1. The fourth-order valence-corrected chi connectivity index (χ4v) is 3.15. The number of likely N-dealkylation sites (tertiary alicyclic amines) is 1. The third-order valence-corrected chi connectivity index (χ3v) is 4.41. The summed E-state index contributed by atoms with van der Waals surface area (Å²) < 4.78 is 5.27. The maximum Gasteiger partial charge on any atom is 0.272 e. The lowest BCUT2D eigenvalue weighted by atomic mass is 10.0. The average molecular weight is 331 g/mol. The van der Waals surface area contributed by atoms with Crippen LogP contribution < -0.4 is 4.74 Å². The van der Waals surface area contributed by atoms with Gasteiger partial charge < -0.3 is 9.64 Å². The van der Waals surface area contributed by atoms with E-state index in [1.165, 1.54) is 11.8 Å². The maximum absolute atomic E-state index is 12.7. The summed E-state index contributed by atoms with van der Waals surface area (Å²) in [6, 6.07) is 11.6. The van der Waals surface area contributed by atoms with E-state index in [9.17, 15) is 4.79 Å². The minimum atomic E-state index is -0.0212. The van der Waals surface area contributed by atoms with E-state index in [4.69, 9.17) is 16.3 Å². The Morgan fingerprint density at radius 3 is 3.00 bits per heavy atom. The first-order valence-corrected chi connectivity index (χ1v) is 8.10. The smallest absolute Gasteiger partial charge is 0.272 e. The lowest BCUT2D eigenvalue weighted by molar-refractivity contribution is 0.0730. The van der Waals surface area contributed by atoms with Gasteiger partial charge in [-0.05, 0) is 49.1 Å². The molecular formula is C18H19ClN2O2. The molecule has 0 saturated carbocycles. The van der Waals surface area contributed by atoms with E-state index in [1.54, 1.807) is 19.2 Å². The molecule has 5 heteroatoms. The summed E-state index contributed by atoms with van der Waals surface area (Å²) in [5, 5.41) is 0.538. The van der Waals surface area contributed by atoms with E-state index in [0.29, 0.717) is 10.7 Å². The van der Waals surface area contributed by atoms with Crippen molar-refractivity contribution in [2.45, 2.75) is 25.3 Å². The van der Waals surface area contributed by atoms with Gasteiger partial charge >= 0.3 is 0 Å². The zero-order chi connectivity index (χ0) is 16.2. The first-order valence-electron chi connectivity index (χ1n) is 7.73. The van der Waals surface area contributed by atoms with Crippen LogP contribution in [0.2, 0.25) is 5.02 Å². The molecule has 1 aliphatic heterocycles. The molecule has 1 saturated heterocycles. The van der Waals surface area contributed by atoms with Gasteiger partial charge in [0.1, 0.15) is 11.4 Å². The summed E-state index contributed by atoms with van der Waals surface area (Å²) in [6.07, 6.45) is 4.38. The topological polar surface area (TPSA) is 42.4 Å². The highest BCUT2D eigenvalue weighted by molar-refractivity contribution is 6.30. The normalized spacial score (nSPS) is 17.3. The third-order valence-electron chi connectivity index (χ3n) is 4.19. The first kappa shape index (κ1) is 15.8. The van der Waals surface area contributed by atoms with Crippen LogP contribution in [0.1, 0.15) is 28.9 Å². The van der Waals surface area contributed by atoms with Gasteiger partial charge in [-0.3, -0.25) is 4.79 Å². The highest BCUT2D eigenvalue weighted by atomic mass is 35.5. The summed E-state index contributed by atoms with van der Waals surface area (Å²) in [5.41, 5.74) is 1.63. The number of ether oxygens (including phenoxy) is 1. The summed E-state index contributed by atoms with van der Waals surface area (Å²) >= 11 is 5.84. The summed E-state index contributed by atoms with van der Waals surface area (Å²) in [7, 11) is 1.66. The number of aromatic nitrogens is 1. The van der Waals surface area contributed by atoms with Gasteiger partial charge in [-0.25, -0.2) is 4.98 Å². The summed E-state index contributed by atoms with van der Waals surface area (Å²) in [4.78, 5) is 18.8. The molecule has 1 amide bonds. The Kier molecular flexibility index (Phi) is 4.82. The van der Waals surface area contributed by atoms with Crippen LogP contribution in [0.5, 0.6) is 5.75 Å². The van der Waals surface area contributed by atoms with Crippen LogP contribution in [0.25, 0.3) is 0 Å². The van der Waals surface area contributed by atoms with Crippen molar-refractivity contribution in [2.75, 3.05) is 13.7 Å². The Bertz CT molecular complexity index is 688. The van der Waals surface area contributed by atoms with Crippen molar-refractivity contribution in [3.05, 3.63) is 58.9 Å². The van der Waals surface area contributed by atoms with Gasteiger partial charge in [0.05, 0.1) is 12.1 Å². The highest BCUT2D eigenvalue weighted by Gasteiger charge is 2.30. The van der Waals surface area contributed by atoms with Crippen LogP contribution in [0.15, 0.2) is 42.6 Å². The van der Waals surface area contributed by atoms with Crippen molar-refractivity contribution < 1.29 is 9.53 Å². The molecule has 1 aromatic heterocycles. The molecule has 0 aliphatic carbocycles. The molecule has 0 N–H and O–H groups in total. The second-order valence-corrected chi connectivity index (χ2v) is 6.15. The minimum absolute atomic E-state index is 0.0212. The van der Waals surface area contributed by atoms with Crippen molar-refractivity contribution in [3.8, 4) is 5.75 Å². The van der Waals surface area contributed by atoms with Gasteiger partial charge in [-0.2, -0.15) is 0 Å². The molecule has 1 aromatic carbocycles. The molecule has 1 atom stereocenters. The van der Waals surface area contributed by atoms with Crippen LogP contribution in [0.4, 0.5) is 0 Å². The zero-order valence-electron chi connectivity index (χ0n) is 13.0. The second-order valence-electron chi connectivity index (χ2n) is 5.71. The Hall–Kier alpha value is -2.07. The number of nitrogens with zero attached hydrogens (tertiary/aromatic N) is 2. The molecule has 2 heterocycles. The van der Waals surface area contributed by atoms with Crippen LogP contribution in [-0.4, -0.2) is 35.5 Å². The molecular weight excluding hydrogens is 312 g/mol. The van der Waals surface area contributed by atoms with E-state index in [-0.39, 0.29) is 11.9 Å². The van der Waals surface area contributed by atoms with Crippen LogP contribution in [0, 0.1) is 0 Å². The fourth-order valence-electron chi connectivity index (χ4n) is 3.04. The van der Waals surface area contributed by atoms with Gasteiger partial charge in [0.15, 0.2) is 0 Å². The predicted molar refractivity (Wildman–Crippen MR) is 90.0 cm³/mol. The average Bonchev–Trinajstić information content (AvgIpc) is 3.03. The van der Waals surface area contributed by atoms with Gasteiger partial charge in [0.2, 0.25) is 0 Å². The lowest BCUT2D eigenvalue weighted by Gasteiger charge is -2.24. The van der Waals surface area contributed by atoms with E-state index in [1.807, 2.05) is 23.1 Å². The number of benzene rings is 1. The number of amides is 1. The number of methoxy groups -OCH3 is 1. The third kappa shape index (κ3) is 3.64. The van der Waals surface area contributed by atoms with Gasteiger partial charge in [-0.15, -0.1) is 0 Å².